The molecule has 28 heavy (non-hydrogen) atoms. The van der Waals surface area contributed by atoms with E-state index in [1.165, 1.54) is 12.1 Å². The summed E-state index contributed by atoms with van der Waals surface area (Å²) in [5.74, 6) is 0.281. The number of aromatic nitrogens is 3. The molecule has 144 valence electrons. The minimum absolute atomic E-state index is 0.0645. The highest BCUT2D eigenvalue weighted by Gasteiger charge is 2.19. The van der Waals surface area contributed by atoms with Crippen LogP contribution < -0.4 is 4.90 Å². The largest absolute Gasteiger partial charge is 0.507 e. The zero-order valence-electron chi connectivity index (χ0n) is 15.9. The van der Waals surface area contributed by atoms with E-state index in [4.69, 9.17) is 0 Å². The van der Waals surface area contributed by atoms with Crippen molar-refractivity contribution in [2.24, 2.45) is 0 Å². The molecule has 0 aliphatic heterocycles. The highest BCUT2D eigenvalue weighted by Crippen LogP contribution is 2.29. The molecule has 0 fully saturated rings. The molecule has 0 aliphatic rings. The van der Waals surface area contributed by atoms with Crippen LogP contribution in [0.25, 0.3) is 11.4 Å². The van der Waals surface area contributed by atoms with Crippen LogP contribution in [0, 0.1) is 19.7 Å². The zero-order chi connectivity index (χ0) is 20.4. The van der Waals surface area contributed by atoms with Crippen molar-refractivity contribution in [1.82, 2.24) is 15.0 Å². The molecule has 0 atom stereocenters. The van der Waals surface area contributed by atoms with E-state index in [2.05, 4.69) is 15.0 Å². The van der Waals surface area contributed by atoms with Gasteiger partial charge in [-0.25, -0.2) is 9.37 Å². The fraction of sp³-hybridized carbons (Fsp3) is 0.200. The molecular formula is C20H19FN4O2S. The number of aryl methyl sites for hydroxylation is 2. The number of thioether (sulfide) groups is 1. The first-order valence-corrected chi connectivity index (χ1v) is 9.28. The molecule has 6 nitrogen and oxygen atoms in total. The van der Waals surface area contributed by atoms with Crippen molar-refractivity contribution in [3.05, 3.63) is 59.2 Å². The monoisotopic (exact) mass is 398 g/mol. The number of hydrogen-bond donors (Lipinski definition) is 1. The first kappa shape index (κ1) is 19.8. The Kier molecular flexibility index (Phi) is 5.60. The van der Waals surface area contributed by atoms with E-state index in [9.17, 15) is 14.3 Å². The minimum atomic E-state index is -0.482. The normalized spacial score (nSPS) is 10.8. The molecule has 2 aromatic carbocycles. The molecule has 3 rings (SSSR count). The van der Waals surface area contributed by atoms with E-state index in [-0.39, 0.29) is 16.5 Å². The van der Waals surface area contributed by atoms with Crippen molar-refractivity contribution in [3.63, 3.8) is 0 Å². The number of hydrogen-bond acceptors (Lipinski definition) is 7. The minimum Gasteiger partial charge on any atom is -0.507 e. The van der Waals surface area contributed by atoms with Crippen LogP contribution >= 0.6 is 11.8 Å². The predicted octanol–water partition coefficient (Wildman–Crippen LogP) is 4.00. The van der Waals surface area contributed by atoms with Gasteiger partial charge in [0.2, 0.25) is 11.8 Å². The molecule has 0 spiro atoms. The van der Waals surface area contributed by atoms with Gasteiger partial charge in [0, 0.05) is 19.7 Å². The van der Waals surface area contributed by atoms with E-state index in [1.807, 2.05) is 0 Å². The number of aromatic hydroxyl groups is 1. The Morgan fingerprint density at radius 2 is 1.71 bits per heavy atom. The molecule has 1 aromatic heterocycles. The van der Waals surface area contributed by atoms with Crippen LogP contribution in [-0.4, -0.2) is 39.3 Å². The van der Waals surface area contributed by atoms with Gasteiger partial charge in [-0.1, -0.05) is 12.1 Å². The molecule has 0 saturated heterocycles. The fourth-order valence-corrected chi connectivity index (χ4v) is 3.24. The number of carbonyl (C=O) groups is 1. The van der Waals surface area contributed by atoms with Crippen molar-refractivity contribution in [2.75, 3.05) is 19.0 Å². The van der Waals surface area contributed by atoms with Crippen molar-refractivity contribution in [2.45, 2.75) is 18.7 Å². The summed E-state index contributed by atoms with van der Waals surface area (Å²) < 4.78 is 13.9. The summed E-state index contributed by atoms with van der Waals surface area (Å²) >= 11 is 0.731. The maximum atomic E-state index is 13.9. The van der Waals surface area contributed by atoms with Gasteiger partial charge in [-0.15, -0.1) is 0 Å². The lowest BCUT2D eigenvalue weighted by molar-refractivity contribution is 0.108. The number of rotatable bonds is 4. The van der Waals surface area contributed by atoms with Gasteiger partial charge in [-0.3, -0.25) is 4.79 Å². The standard InChI is InChI=1S/C20H19FN4O2S/c1-11-9-13(10-12(2)16(11)26)17-22-18(24-20(23-17)25(3)4)19(27)28-15-8-6-5-7-14(15)21/h5-10,26H,1-4H3. The van der Waals surface area contributed by atoms with E-state index in [0.29, 0.717) is 28.5 Å². The molecule has 1 N–H and O–H groups in total. The van der Waals surface area contributed by atoms with Crippen molar-refractivity contribution in [3.8, 4) is 17.1 Å². The maximum Gasteiger partial charge on any atom is 0.261 e. The second kappa shape index (κ2) is 7.93. The Balaban J connectivity index is 2.05. The third-order valence-corrected chi connectivity index (χ3v) is 4.91. The highest BCUT2D eigenvalue weighted by molar-refractivity contribution is 8.14. The van der Waals surface area contributed by atoms with Gasteiger partial charge in [0.1, 0.15) is 11.6 Å². The van der Waals surface area contributed by atoms with E-state index < -0.39 is 10.9 Å². The summed E-state index contributed by atoms with van der Waals surface area (Å²) in [6.07, 6.45) is 0. The highest BCUT2D eigenvalue weighted by atomic mass is 32.2. The topological polar surface area (TPSA) is 79.2 Å². The van der Waals surface area contributed by atoms with Crippen LogP contribution in [0.3, 0.4) is 0 Å². The van der Waals surface area contributed by atoms with Crippen molar-refractivity contribution >= 4 is 22.8 Å². The van der Waals surface area contributed by atoms with Gasteiger partial charge in [-0.2, -0.15) is 9.97 Å². The van der Waals surface area contributed by atoms with E-state index in [1.54, 1.807) is 57.1 Å². The van der Waals surface area contributed by atoms with Crippen LogP contribution in [0.15, 0.2) is 41.3 Å². The number of phenolic OH excluding ortho intramolecular Hbond substituents is 1. The second-order valence-electron chi connectivity index (χ2n) is 6.46. The lowest BCUT2D eigenvalue weighted by atomic mass is 10.1. The lowest BCUT2D eigenvalue weighted by Crippen LogP contribution is -2.16. The first-order chi connectivity index (χ1) is 13.3. The lowest BCUT2D eigenvalue weighted by Gasteiger charge is -2.13. The number of benzene rings is 2. The van der Waals surface area contributed by atoms with Gasteiger partial charge in [0.15, 0.2) is 5.82 Å². The van der Waals surface area contributed by atoms with Crippen molar-refractivity contribution in [1.29, 1.82) is 0 Å². The van der Waals surface area contributed by atoms with Crippen LogP contribution in [0.5, 0.6) is 5.75 Å². The molecule has 0 amide bonds. The van der Waals surface area contributed by atoms with E-state index in [0.717, 1.165) is 11.8 Å². The summed E-state index contributed by atoms with van der Waals surface area (Å²) in [6.45, 7) is 3.56. The maximum absolute atomic E-state index is 13.9. The Morgan fingerprint density at radius 1 is 1.07 bits per heavy atom. The third-order valence-electron chi connectivity index (χ3n) is 3.99. The molecule has 0 unspecified atom stereocenters. The zero-order valence-corrected chi connectivity index (χ0v) is 16.7. The van der Waals surface area contributed by atoms with Gasteiger partial charge in [-0.05, 0) is 61.0 Å². The van der Waals surface area contributed by atoms with Crippen LogP contribution in [0.2, 0.25) is 0 Å². The summed E-state index contributed by atoms with van der Waals surface area (Å²) in [4.78, 5) is 27.5. The molecular weight excluding hydrogens is 379 g/mol. The van der Waals surface area contributed by atoms with Crippen LogP contribution in [0.4, 0.5) is 10.3 Å². The summed E-state index contributed by atoms with van der Waals surface area (Å²) in [6, 6.07) is 9.53. The Hall–Kier alpha value is -3.00. The Bertz CT molecular complexity index is 1030. The number of anilines is 1. The summed E-state index contributed by atoms with van der Waals surface area (Å²) in [7, 11) is 3.51. The predicted molar refractivity (Wildman–Crippen MR) is 107 cm³/mol. The molecule has 1 heterocycles. The molecule has 0 saturated carbocycles. The average Bonchev–Trinajstić information content (AvgIpc) is 2.67. The average molecular weight is 398 g/mol. The quantitative estimate of drug-likeness (QED) is 0.666. The van der Waals surface area contributed by atoms with Gasteiger partial charge in [0.25, 0.3) is 5.12 Å². The van der Waals surface area contributed by atoms with Crippen LogP contribution in [0.1, 0.15) is 21.7 Å². The number of halogens is 1. The Labute approximate surface area is 166 Å². The molecule has 0 aliphatic carbocycles. The number of carbonyl (C=O) groups excluding carboxylic acids is 1. The summed E-state index contributed by atoms with van der Waals surface area (Å²) in [5, 5.41) is 9.52. The third kappa shape index (κ3) is 4.12. The molecule has 0 radical (unpaired) electrons. The molecule has 3 aromatic rings. The summed E-state index contributed by atoms with van der Waals surface area (Å²) in [5.41, 5.74) is 2.01. The SMILES string of the molecule is Cc1cc(-c2nc(C(=O)Sc3ccccc3F)nc(N(C)C)n2)cc(C)c1O. The number of nitrogens with zero attached hydrogens (tertiary/aromatic N) is 4. The second-order valence-corrected chi connectivity index (χ2v) is 7.47. The van der Waals surface area contributed by atoms with Crippen LogP contribution in [-0.2, 0) is 0 Å². The number of phenols is 1. The molecule has 0 bridgehead atoms. The first-order valence-electron chi connectivity index (χ1n) is 8.47. The Morgan fingerprint density at radius 3 is 2.32 bits per heavy atom. The smallest absolute Gasteiger partial charge is 0.261 e. The molecule has 8 heteroatoms. The fourth-order valence-electron chi connectivity index (χ4n) is 2.54. The van der Waals surface area contributed by atoms with Gasteiger partial charge in [0.05, 0.1) is 4.90 Å². The van der Waals surface area contributed by atoms with E-state index >= 15 is 0 Å². The van der Waals surface area contributed by atoms with Crippen molar-refractivity contribution < 1.29 is 14.3 Å². The van der Waals surface area contributed by atoms with Gasteiger partial charge < -0.3 is 10.0 Å². The van der Waals surface area contributed by atoms with Gasteiger partial charge >= 0.3 is 0 Å².